The maximum atomic E-state index is 12.5. The Balaban J connectivity index is 1.96. The predicted molar refractivity (Wildman–Crippen MR) is 115 cm³/mol. The largest absolute Gasteiger partial charge is 0.339 e. The van der Waals surface area contributed by atoms with Crippen molar-refractivity contribution >= 4 is 40.7 Å². The Labute approximate surface area is 176 Å². The van der Waals surface area contributed by atoms with Crippen molar-refractivity contribution in [2.24, 2.45) is 0 Å². The first-order chi connectivity index (χ1) is 13.3. The van der Waals surface area contributed by atoms with Gasteiger partial charge in [-0.15, -0.1) is 0 Å². The van der Waals surface area contributed by atoms with Gasteiger partial charge in [0, 0.05) is 30.9 Å². The molecule has 0 radical (unpaired) electrons. The van der Waals surface area contributed by atoms with Crippen LogP contribution in [-0.4, -0.2) is 48.3 Å². The highest BCUT2D eigenvalue weighted by atomic mass is 35.5. The monoisotopic (exact) mass is 421 g/mol. The Morgan fingerprint density at radius 3 is 2.36 bits per heavy atom. The average molecular weight is 422 g/mol. The summed E-state index contributed by atoms with van der Waals surface area (Å²) in [6.07, 6.45) is 0. The summed E-state index contributed by atoms with van der Waals surface area (Å²) in [5.74, 6) is -0.201. The van der Waals surface area contributed by atoms with Gasteiger partial charge in [-0.05, 0) is 56.8 Å². The van der Waals surface area contributed by atoms with E-state index in [4.69, 9.17) is 23.2 Å². The summed E-state index contributed by atoms with van der Waals surface area (Å²) < 4.78 is 0. The van der Waals surface area contributed by atoms with Crippen molar-refractivity contribution in [2.45, 2.75) is 20.4 Å². The summed E-state index contributed by atoms with van der Waals surface area (Å²) in [6, 6.07) is 12.4. The molecule has 7 heteroatoms. The second-order valence-corrected chi connectivity index (χ2v) is 7.34. The average Bonchev–Trinajstić information content (AvgIpc) is 2.65. The Hall–Kier alpha value is -2.08. The highest BCUT2D eigenvalue weighted by Gasteiger charge is 2.14. The Morgan fingerprint density at radius 2 is 1.71 bits per heavy atom. The molecule has 2 amide bonds. The van der Waals surface area contributed by atoms with E-state index >= 15 is 0 Å². The molecule has 28 heavy (non-hydrogen) atoms. The number of anilines is 1. The van der Waals surface area contributed by atoms with Crippen LogP contribution < -0.4 is 5.32 Å². The molecular formula is C21H25Cl2N3O2. The third-order valence-corrected chi connectivity index (χ3v) is 5.03. The third kappa shape index (κ3) is 6.23. The van der Waals surface area contributed by atoms with Crippen LogP contribution in [0.5, 0.6) is 0 Å². The van der Waals surface area contributed by atoms with Crippen LogP contribution in [0.2, 0.25) is 10.0 Å². The first kappa shape index (κ1) is 22.2. The lowest BCUT2D eigenvalue weighted by Crippen LogP contribution is -2.31. The van der Waals surface area contributed by atoms with Crippen LogP contribution >= 0.6 is 23.2 Å². The van der Waals surface area contributed by atoms with Gasteiger partial charge in [-0.1, -0.05) is 35.3 Å². The van der Waals surface area contributed by atoms with Crippen molar-refractivity contribution in [3.63, 3.8) is 0 Å². The van der Waals surface area contributed by atoms with Gasteiger partial charge < -0.3 is 10.2 Å². The van der Waals surface area contributed by atoms with Gasteiger partial charge >= 0.3 is 0 Å². The molecule has 0 saturated carbocycles. The quantitative estimate of drug-likeness (QED) is 0.680. The summed E-state index contributed by atoms with van der Waals surface area (Å²) in [5.41, 5.74) is 2.13. The number of halogens is 2. The summed E-state index contributed by atoms with van der Waals surface area (Å²) in [5, 5.41) is 3.85. The molecule has 0 aliphatic carbocycles. The minimum atomic E-state index is -0.157. The molecule has 150 valence electrons. The van der Waals surface area contributed by atoms with E-state index in [1.54, 1.807) is 41.3 Å². The third-order valence-electron chi connectivity index (χ3n) is 4.29. The van der Waals surface area contributed by atoms with Crippen LogP contribution in [0.25, 0.3) is 0 Å². The number of carbonyl (C=O) groups is 2. The molecule has 0 heterocycles. The fourth-order valence-electron chi connectivity index (χ4n) is 2.87. The molecule has 0 bridgehead atoms. The normalized spacial score (nSPS) is 10.8. The molecule has 0 aromatic heterocycles. The molecule has 1 N–H and O–H groups in total. The van der Waals surface area contributed by atoms with Crippen molar-refractivity contribution in [1.82, 2.24) is 9.80 Å². The van der Waals surface area contributed by atoms with E-state index in [1.807, 2.05) is 31.9 Å². The number of rotatable bonds is 8. The smallest absolute Gasteiger partial charge is 0.253 e. The zero-order valence-electron chi connectivity index (χ0n) is 16.3. The van der Waals surface area contributed by atoms with Crippen molar-refractivity contribution < 1.29 is 9.59 Å². The van der Waals surface area contributed by atoms with Gasteiger partial charge in [0.15, 0.2) is 0 Å². The van der Waals surface area contributed by atoms with Gasteiger partial charge in [0.25, 0.3) is 5.91 Å². The zero-order valence-corrected chi connectivity index (χ0v) is 17.8. The molecule has 0 fully saturated rings. The van der Waals surface area contributed by atoms with E-state index in [0.29, 0.717) is 40.9 Å². The van der Waals surface area contributed by atoms with Crippen LogP contribution in [0.1, 0.15) is 29.8 Å². The van der Waals surface area contributed by atoms with E-state index in [-0.39, 0.29) is 18.4 Å². The molecule has 2 aromatic rings. The molecule has 2 aromatic carbocycles. The van der Waals surface area contributed by atoms with Gasteiger partial charge in [-0.25, -0.2) is 0 Å². The topological polar surface area (TPSA) is 52.7 Å². The lowest BCUT2D eigenvalue weighted by molar-refractivity contribution is -0.117. The summed E-state index contributed by atoms with van der Waals surface area (Å²) >= 11 is 12.0. The van der Waals surface area contributed by atoms with Crippen LogP contribution in [-0.2, 0) is 11.3 Å². The number of hydrogen-bond acceptors (Lipinski definition) is 3. The fourth-order valence-corrected chi connectivity index (χ4v) is 3.20. The summed E-state index contributed by atoms with van der Waals surface area (Å²) in [7, 11) is 1.85. The predicted octanol–water partition coefficient (Wildman–Crippen LogP) is 4.55. The number of carbonyl (C=O) groups excluding carboxylic acids is 2. The number of hydrogen-bond donors (Lipinski definition) is 1. The lowest BCUT2D eigenvalue weighted by atomic mass is 10.1. The SMILES string of the molecule is CCN(CC)C(=O)c1cccc(NC(=O)CN(C)Cc2ccc(Cl)c(Cl)c2)c1. The number of nitrogens with zero attached hydrogens (tertiary/aromatic N) is 2. The van der Waals surface area contributed by atoms with Crippen molar-refractivity contribution in [1.29, 1.82) is 0 Å². The highest BCUT2D eigenvalue weighted by molar-refractivity contribution is 6.42. The van der Waals surface area contributed by atoms with Crippen LogP contribution in [0.4, 0.5) is 5.69 Å². The Morgan fingerprint density at radius 1 is 1.00 bits per heavy atom. The Kier molecular flexibility index (Phi) is 8.30. The molecule has 0 saturated heterocycles. The summed E-state index contributed by atoms with van der Waals surface area (Å²) in [6.45, 7) is 5.93. The Bertz CT molecular complexity index is 838. The first-order valence-electron chi connectivity index (χ1n) is 9.15. The van der Waals surface area contributed by atoms with E-state index in [1.165, 1.54) is 0 Å². The van der Waals surface area contributed by atoms with Gasteiger partial charge in [-0.2, -0.15) is 0 Å². The molecule has 0 aliphatic heterocycles. The molecule has 0 unspecified atom stereocenters. The van der Waals surface area contributed by atoms with E-state index in [9.17, 15) is 9.59 Å². The minimum Gasteiger partial charge on any atom is -0.339 e. The van der Waals surface area contributed by atoms with Crippen LogP contribution in [0.15, 0.2) is 42.5 Å². The van der Waals surface area contributed by atoms with Gasteiger partial charge in [-0.3, -0.25) is 14.5 Å². The molecular weight excluding hydrogens is 397 g/mol. The van der Waals surface area contributed by atoms with Gasteiger partial charge in [0.2, 0.25) is 5.91 Å². The van der Waals surface area contributed by atoms with Crippen molar-refractivity contribution in [3.8, 4) is 0 Å². The highest BCUT2D eigenvalue weighted by Crippen LogP contribution is 2.23. The second-order valence-electron chi connectivity index (χ2n) is 6.53. The number of likely N-dealkylation sites (N-methyl/N-ethyl adjacent to an activating group) is 1. The molecule has 0 spiro atoms. The molecule has 2 rings (SSSR count). The van der Waals surface area contributed by atoms with Gasteiger partial charge in [0.1, 0.15) is 0 Å². The molecule has 5 nitrogen and oxygen atoms in total. The van der Waals surface area contributed by atoms with Gasteiger partial charge in [0.05, 0.1) is 16.6 Å². The van der Waals surface area contributed by atoms with Crippen LogP contribution in [0, 0.1) is 0 Å². The minimum absolute atomic E-state index is 0.0437. The second kappa shape index (κ2) is 10.5. The molecule has 0 atom stereocenters. The number of amides is 2. The standard InChI is InChI=1S/C21H25Cl2N3O2/c1-4-26(5-2)21(28)16-7-6-8-17(12-16)24-20(27)14-25(3)13-15-9-10-18(22)19(23)11-15/h6-12H,4-5,13-14H2,1-3H3,(H,24,27). The van der Waals surface area contributed by atoms with E-state index in [0.717, 1.165) is 5.56 Å². The van der Waals surface area contributed by atoms with Crippen LogP contribution in [0.3, 0.4) is 0 Å². The summed E-state index contributed by atoms with van der Waals surface area (Å²) in [4.78, 5) is 28.4. The zero-order chi connectivity index (χ0) is 20.7. The van der Waals surface area contributed by atoms with E-state index < -0.39 is 0 Å². The number of nitrogens with one attached hydrogen (secondary N) is 1. The maximum absolute atomic E-state index is 12.5. The van der Waals surface area contributed by atoms with Crippen molar-refractivity contribution in [2.75, 3.05) is 32.0 Å². The molecule has 0 aliphatic rings. The first-order valence-corrected chi connectivity index (χ1v) is 9.91. The fraction of sp³-hybridized carbons (Fsp3) is 0.333. The van der Waals surface area contributed by atoms with E-state index in [2.05, 4.69) is 5.32 Å². The maximum Gasteiger partial charge on any atom is 0.253 e. The van der Waals surface area contributed by atoms with Crippen molar-refractivity contribution in [3.05, 3.63) is 63.6 Å². The number of benzene rings is 2. The lowest BCUT2D eigenvalue weighted by Gasteiger charge is -2.19.